The highest BCUT2D eigenvalue weighted by atomic mass is 16.1. The third-order valence-electron chi connectivity index (χ3n) is 3.33. The Balaban J connectivity index is 1.79. The lowest BCUT2D eigenvalue weighted by Crippen LogP contribution is -2.41. The van der Waals surface area contributed by atoms with Crippen molar-refractivity contribution >= 4 is 11.6 Å². The summed E-state index contributed by atoms with van der Waals surface area (Å²) >= 11 is 0. The Hall–Kier alpha value is -1.49. The van der Waals surface area contributed by atoms with Crippen LogP contribution < -0.4 is 11.1 Å². The number of carbonyl (C=O) groups is 1. The first-order valence-electron chi connectivity index (χ1n) is 6.02. The molecular formula is C12H20N4O. The minimum absolute atomic E-state index is 0.0993. The fourth-order valence-corrected chi connectivity index (χ4v) is 1.86. The number of likely N-dealkylation sites (N-methyl/N-ethyl adjacent to an activating group) is 1. The van der Waals surface area contributed by atoms with Crippen LogP contribution in [0.15, 0.2) is 12.3 Å². The molecular weight excluding hydrogens is 216 g/mol. The molecule has 1 amide bonds. The van der Waals surface area contributed by atoms with Gasteiger partial charge in [0.15, 0.2) is 0 Å². The lowest BCUT2D eigenvalue weighted by atomic mass is 10.3. The lowest BCUT2D eigenvalue weighted by molar-refractivity contribution is 0.0935. The number of hydrogen-bond donors (Lipinski definition) is 3. The fraction of sp³-hybridized carbons (Fsp3) is 0.583. The number of H-pyrrole nitrogens is 1. The molecule has 1 saturated carbocycles. The molecule has 4 N–H and O–H groups in total. The third-order valence-corrected chi connectivity index (χ3v) is 3.33. The monoisotopic (exact) mass is 236 g/mol. The number of nitrogens with two attached hydrogens (primary N) is 1. The molecule has 0 saturated heterocycles. The van der Waals surface area contributed by atoms with E-state index in [1.54, 1.807) is 12.3 Å². The number of aromatic nitrogens is 1. The average Bonchev–Trinajstić information content (AvgIpc) is 3.07. The van der Waals surface area contributed by atoms with Crippen molar-refractivity contribution in [2.45, 2.75) is 31.8 Å². The van der Waals surface area contributed by atoms with Crippen LogP contribution in [-0.4, -0.2) is 41.5 Å². The zero-order chi connectivity index (χ0) is 12.4. The number of anilines is 1. The highest BCUT2D eigenvalue weighted by Gasteiger charge is 2.29. The van der Waals surface area contributed by atoms with E-state index in [1.807, 2.05) is 0 Å². The normalized spacial score (nSPS) is 17.1. The van der Waals surface area contributed by atoms with Crippen molar-refractivity contribution in [3.63, 3.8) is 0 Å². The molecule has 0 aromatic carbocycles. The molecule has 94 valence electrons. The van der Waals surface area contributed by atoms with Crippen LogP contribution in [0, 0.1) is 0 Å². The average molecular weight is 236 g/mol. The summed E-state index contributed by atoms with van der Waals surface area (Å²) in [6.07, 6.45) is 4.18. The van der Waals surface area contributed by atoms with Gasteiger partial charge in [-0.05, 0) is 32.9 Å². The number of rotatable bonds is 5. The zero-order valence-electron chi connectivity index (χ0n) is 10.4. The predicted molar refractivity (Wildman–Crippen MR) is 67.8 cm³/mol. The molecule has 5 heteroatoms. The van der Waals surface area contributed by atoms with Crippen LogP contribution in [0.25, 0.3) is 0 Å². The quantitative estimate of drug-likeness (QED) is 0.708. The Morgan fingerprint density at radius 3 is 2.94 bits per heavy atom. The van der Waals surface area contributed by atoms with Crippen LogP contribution in [0.3, 0.4) is 0 Å². The lowest BCUT2D eigenvalue weighted by Gasteiger charge is -2.24. The van der Waals surface area contributed by atoms with Gasteiger partial charge in [-0.3, -0.25) is 9.69 Å². The molecule has 1 heterocycles. The SMILES string of the molecule is CC(CNC(=O)c1cc(N)c[nH]1)N(C)C1CC1. The second-order valence-corrected chi connectivity index (χ2v) is 4.80. The van der Waals surface area contributed by atoms with Gasteiger partial charge in [0.25, 0.3) is 5.91 Å². The number of nitrogens with one attached hydrogen (secondary N) is 2. The smallest absolute Gasteiger partial charge is 0.267 e. The van der Waals surface area contributed by atoms with E-state index in [9.17, 15) is 4.79 Å². The minimum Gasteiger partial charge on any atom is -0.397 e. The molecule has 17 heavy (non-hydrogen) atoms. The Labute approximate surface area is 101 Å². The van der Waals surface area contributed by atoms with E-state index in [-0.39, 0.29) is 5.91 Å². The summed E-state index contributed by atoms with van der Waals surface area (Å²) in [5.41, 5.74) is 6.65. The Kier molecular flexibility index (Phi) is 3.38. The van der Waals surface area contributed by atoms with Crippen LogP contribution >= 0.6 is 0 Å². The summed E-state index contributed by atoms with van der Waals surface area (Å²) in [5, 5.41) is 2.91. The van der Waals surface area contributed by atoms with Gasteiger partial charge in [0, 0.05) is 30.5 Å². The van der Waals surface area contributed by atoms with Crippen molar-refractivity contribution < 1.29 is 4.79 Å². The molecule has 1 aliphatic rings. The van der Waals surface area contributed by atoms with Gasteiger partial charge in [-0.1, -0.05) is 0 Å². The zero-order valence-corrected chi connectivity index (χ0v) is 10.4. The van der Waals surface area contributed by atoms with Crippen molar-refractivity contribution in [1.82, 2.24) is 15.2 Å². The van der Waals surface area contributed by atoms with Gasteiger partial charge in [-0.2, -0.15) is 0 Å². The number of amides is 1. The maximum absolute atomic E-state index is 11.8. The van der Waals surface area contributed by atoms with Gasteiger partial charge >= 0.3 is 0 Å². The molecule has 0 aliphatic heterocycles. The number of nitrogens with zero attached hydrogens (tertiary/aromatic N) is 1. The minimum atomic E-state index is -0.0993. The van der Waals surface area contributed by atoms with Crippen LogP contribution in [0.2, 0.25) is 0 Å². The standard InChI is InChI=1S/C12H20N4O/c1-8(16(2)10-3-4-10)6-15-12(17)11-5-9(13)7-14-11/h5,7-8,10,14H,3-4,6,13H2,1-2H3,(H,15,17). The number of aromatic amines is 1. The van der Waals surface area contributed by atoms with Gasteiger partial charge < -0.3 is 16.0 Å². The summed E-state index contributed by atoms with van der Waals surface area (Å²) < 4.78 is 0. The molecule has 0 spiro atoms. The van der Waals surface area contributed by atoms with E-state index in [0.29, 0.717) is 30.0 Å². The first kappa shape index (κ1) is 12.0. The van der Waals surface area contributed by atoms with Crippen molar-refractivity contribution in [2.24, 2.45) is 0 Å². The molecule has 1 aliphatic carbocycles. The third kappa shape index (κ3) is 3.00. The predicted octanol–water partition coefficient (Wildman–Crippen LogP) is 0.809. The van der Waals surface area contributed by atoms with Crippen molar-refractivity contribution in [2.75, 3.05) is 19.3 Å². The molecule has 2 rings (SSSR count). The summed E-state index contributed by atoms with van der Waals surface area (Å²) in [7, 11) is 2.11. The van der Waals surface area contributed by atoms with Gasteiger partial charge in [0.05, 0.1) is 0 Å². The Morgan fingerprint density at radius 2 is 2.41 bits per heavy atom. The van der Waals surface area contributed by atoms with Gasteiger partial charge in [-0.25, -0.2) is 0 Å². The topological polar surface area (TPSA) is 74.1 Å². The van der Waals surface area contributed by atoms with E-state index < -0.39 is 0 Å². The molecule has 1 unspecified atom stereocenters. The van der Waals surface area contributed by atoms with E-state index in [2.05, 4.69) is 29.2 Å². The maximum atomic E-state index is 11.8. The number of hydrogen-bond acceptors (Lipinski definition) is 3. The molecule has 5 nitrogen and oxygen atoms in total. The van der Waals surface area contributed by atoms with Gasteiger partial charge in [0.1, 0.15) is 5.69 Å². The maximum Gasteiger partial charge on any atom is 0.267 e. The Bertz CT molecular complexity index is 397. The molecule has 0 radical (unpaired) electrons. The fourth-order valence-electron chi connectivity index (χ4n) is 1.86. The molecule has 0 bridgehead atoms. The molecule has 1 atom stereocenters. The number of nitrogen functional groups attached to an aromatic ring is 1. The molecule has 1 aromatic heterocycles. The summed E-state index contributed by atoms with van der Waals surface area (Å²) in [6.45, 7) is 2.78. The van der Waals surface area contributed by atoms with E-state index >= 15 is 0 Å². The Morgan fingerprint density at radius 1 is 1.71 bits per heavy atom. The highest BCUT2D eigenvalue weighted by molar-refractivity contribution is 5.93. The van der Waals surface area contributed by atoms with E-state index in [4.69, 9.17) is 5.73 Å². The van der Waals surface area contributed by atoms with E-state index in [0.717, 1.165) is 0 Å². The second-order valence-electron chi connectivity index (χ2n) is 4.80. The molecule has 1 fully saturated rings. The first-order chi connectivity index (χ1) is 8.08. The first-order valence-corrected chi connectivity index (χ1v) is 6.02. The van der Waals surface area contributed by atoms with E-state index in [1.165, 1.54) is 12.8 Å². The molecule has 1 aromatic rings. The number of carbonyl (C=O) groups excluding carboxylic acids is 1. The summed E-state index contributed by atoms with van der Waals surface area (Å²) in [4.78, 5) is 16.9. The summed E-state index contributed by atoms with van der Waals surface area (Å²) in [6, 6.07) is 2.71. The second kappa shape index (κ2) is 4.79. The van der Waals surface area contributed by atoms with Crippen LogP contribution in [0.4, 0.5) is 5.69 Å². The van der Waals surface area contributed by atoms with Crippen LogP contribution in [0.5, 0.6) is 0 Å². The van der Waals surface area contributed by atoms with Crippen molar-refractivity contribution in [3.05, 3.63) is 18.0 Å². The van der Waals surface area contributed by atoms with Crippen LogP contribution in [-0.2, 0) is 0 Å². The largest absolute Gasteiger partial charge is 0.397 e. The van der Waals surface area contributed by atoms with Gasteiger partial charge in [0.2, 0.25) is 0 Å². The van der Waals surface area contributed by atoms with Crippen molar-refractivity contribution in [3.8, 4) is 0 Å². The van der Waals surface area contributed by atoms with Crippen molar-refractivity contribution in [1.29, 1.82) is 0 Å². The van der Waals surface area contributed by atoms with Crippen LogP contribution in [0.1, 0.15) is 30.3 Å². The highest BCUT2D eigenvalue weighted by Crippen LogP contribution is 2.26. The summed E-state index contributed by atoms with van der Waals surface area (Å²) in [5.74, 6) is -0.0993. The van der Waals surface area contributed by atoms with Gasteiger partial charge in [-0.15, -0.1) is 0 Å².